The highest BCUT2D eigenvalue weighted by Crippen LogP contribution is 2.35. The maximum atomic E-state index is 13.2. The second kappa shape index (κ2) is 11.5. The summed E-state index contributed by atoms with van der Waals surface area (Å²) in [7, 11) is -1.09. The third-order valence-electron chi connectivity index (χ3n) is 7.36. The van der Waals surface area contributed by atoms with Gasteiger partial charge in [-0.3, -0.25) is 4.79 Å². The van der Waals surface area contributed by atoms with E-state index in [1.165, 1.54) is 0 Å². The van der Waals surface area contributed by atoms with E-state index in [4.69, 9.17) is 4.74 Å². The summed E-state index contributed by atoms with van der Waals surface area (Å²) in [4.78, 5) is 29.6. The molecule has 2 amide bonds. The normalized spacial score (nSPS) is 25.7. The number of hydrogen-bond acceptors (Lipinski definition) is 6. The van der Waals surface area contributed by atoms with Gasteiger partial charge in [-0.15, -0.1) is 0 Å². The van der Waals surface area contributed by atoms with E-state index < -0.39 is 22.0 Å². The van der Waals surface area contributed by atoms with Crippen LogP contribution >= 0.6 is 0 Å². The van der Waals surface area contributed by atoms with Gasteiger partial charge in [0.25, 0.3) is 0 Å². The van der Waals surface area contributed by atoms with Crippen molar-refractivity contribution < 1.29 is 22.7 Å². The first-order valence-electron chi connectivity index (χ1n) is 12.3. The summed E-state index contributed by atoms with van der Waals surface area (Å²) in [5, 5.41) is 2.71. The molecule has 1 aromatic rings. The molecule has 2 fully saturated rings. The van der Waals surface area contributed by atoms with Crippen LogP contribution in [0, 0.1) is 5.92 Å². The second-order valence-corrected chi connectivity index (χ2v) is 12.2. The molecule has 1 heterocycles. The zero-order valence-electron chi connectivity index (χ0n) is 20.8. The van der Waals surface area contributed by atoms with Crippen molar-refractivity contribution in [3.8, 4) is 0 Å². The summed E-state index contributed by atoms with van der Waals surface area (Å²) in [6.07, 6.45) is 2.32. The number of benzene rings is 1. The Morgan fingerprint density at radius 2 is 1.91 bits per heavy atom. The van der Waals surface area contributed by atoms with Crippen LogP contribution in [0.15, 0.2) is 30.3 Å². The largest absolute Gasteiger partial charge is 0.445 e. The fourth-order valence-corrected chi connectivity index (χ4v) is 6.37. The fourth-order valence-electron chi connectivity index (χ4n) is 5.12. The Labute approximate surface area is 203 Å². The lowest BCUT2D eigenvalue weighted by Gasteiger charge is -2.44. The molecule has 0 radical (unpaired) electrons. The van der Waals surface area contributed by atoms with Crippen LogP contribution in [-0.4, -0.2) is 79.5 Å². The number of nitrogens with one attached hydrogen (secondary N) is 1. The first kappa shape index (κ1) is 26.5. The number of sulfone groups is 1. The summed E-state index contributed by atoms with van der Waals surface area (Å²) in [6, 6.07) is 9.28. The highest BCUT2D eigenvalue weighted by atomic mass is 32.2. The van der Waals surface area contributed by atoms with Crippen molar-refractivity contribution >= 4 is 21.8 Å². The third kappa shape index (κ3) is 6.72. The van der Waals surface area contributed by atoms with Gasteiger partial charge in [0, 0.05) is 30.4 Å². The number of nitrogens with zero attached hydrogens (tertiary/aromatic N) is 2. The molecule has 34 heavy (non-hydrogen) atoms. The number of amides is 2. The molecule has 8 nitrogen and oxygen atoms in total. The van der Waals surface area contributed by atoms with E-state index in [1.807, 2.05) is 35.2 Å². The van der Waals surface area contributed by atoms with Gasteiger partial charge in [-0.1, -0.05) is 37.3 Å². The molecule has 190 valence electrons. The molecule has 1 aliphatic carbocycles. The number of likely N-dealkylation sites (tertiary alicyclic amines) is 1. The molecule has 4 atom stereocenters. The van der Waals surface area contributed by atoms with E-state index in [1.54, 1.807) is 6.92 Å². The Kier molecular flexibility index (Phi) is 8.98. The van der Waals surface area contributed by atoms with Crippen molar-refractivity contribution in [3.05, 3.63) is 35.9 Å². The van der Waals surface area contributed by atoms with Crippen molar-refractivity contribution in [3.63, 3.8) is 0 Å². The van der Waals surface area contributed by atoms with Crippen molar-refractivity contribution in [2.24, 2.45) is 5.92 Å². The van der Waals surface area contributed by atoms with Crippen LogP contribution in [-0.2, 0) is 26.0 Å². The van der Waals surface area contributed by atoms with Crippen molar-refractivity contribution in [2.45, 2.75) is 77.2 Å². The average molecular weight is 494 g/mol. The SMILES string of the molecule is CCS(=O)(=O)C[C@@H]1C[C@H](N(C)C(C)C)CC[C@@H]1N1CC[C@H](NC(=O)OCc2ccccc2)C1=O. The fraction of sp³-hybridized carbons (Fsp3) is 0.680. The van der Waals surface area contributed by atoms with Crippen LogP contribution in [0.3, 0.4) is 0 Å². The molecule has 9 heteroatoms. The molecule has 1 saturated heterocycles. The standard InChI is InChI=1S/C25H39N3O5S/c1-5-34(31,32)17-20-15-21(27(4)18(2)3)11-12-23(20)28-14-13-22(24(28)29)26-25(30)33-16-19-9-7-6-8-10-19/h6-10,18,20-23H,5,11-17H2,1-4H3,(H,26,30)/t20-,21+,22-,23-/m0/s1. The Morgan fingerprint density at radius 1 is 1.21 bits per heavy atom. The molecule has 0 unspecified atom stereocenters. The molecule has 0 spiro atoms. The van der Waals surface area contributed by atoms with Crippen molar-refractivity contribution in [1.82, 2.24) is 15.1 Å². The molecule has 0 aromatic heterocycles. The molecular formula is C25H39N3O5S. The van der Waals surface area contributed by atoms with Gasteiger partial charge in [0.05, 0.1) is 5.75 Å². The maximum Gasteiger partial charge on any atom is 0.408 e. The monoisotopic (exact) mass is 493 g/mol. The number of alkyl carbamates (subject to hydrolysis) is 1. The minimum atomic E-state index is -3.18. The van der Waals surface area contributed by atoms with Crippen LogP contribution in [0.1, 0.15) is 52.0 Å². The Hall–Kier alpha value is -2.13. The zero-order valence-corrected chi connectivity index (χ0v) is 21.6. The summed E-state index contributed by atoms with van der Waals surface area (Å²) < 4.78 is 30.3. The Morgan fingerprint density at radius 3 is 2.56 bits per heavy atom. The first-order valence-corrected chi connectivity index (χ1v) is 14.1. The highest BCUT2D eigenvalue weighted by molar-refractivity contribution is 7.91. The van der Waals surface area contributed by atoms with Gasteiger partial charge in [-0.2, -0.15) is 0 Å². The molecule has 1 aromatic carbocycles. The van der Waals surface area contributed by atoms with Crippen LogP contribution < -0.4 is 5.32 Å². The van der Waals surface area contributed by atoms with Gasteiger partial charge in [0.1, 0.15) is 22.5 Å². The van der Waals surface area contributed by atoms with Gasteiger partial charge in [-0.25, -0.2) is 13.2 Å². The predicted octanol–water partition coefficient (Wildman–Crippen LogP) is 2.83. The highest BCUT2D eigenvalue weighted by Gasteiger charge is 2.44. The van der Waals surface area contributed by atoms with E-state index in [2.05, 4.69) is 31.1 Å². The minimum Gasteiger partial charge on any atom is -0.445 e. The lowest BCUT2D eigenvalue weighted by Crippen LogP contribution is -2.53. The molecule has 3 rings (SSSR count). The topological polar surface area (TPSA) is 96.0 Å². The number of ether oxygens (including phenoxy) is 1. The minimum absolute atomic E-state index is 0.0948. The first-order chi connectivity index (χ1) is 16.1. The number of hydrogen-bond donors (Lipinski definition) is 1. The van der Waals surface area contributed by atoms with E-state index >= 15 is 0 Å². The Balaban J connectivity index is 1.63. The van der Waals surface area contributed by atoms with Gasteiger partial charge < -0.3 is 19.9 Å². The third-order valence-corrected chi connectivity index (χ3v) is 9.17. The van der Waals surface area contributed by atoms with Crippen LogP contribution in [0.4, 0.5) is 4.79 Å². The van der Waals surface area contributed by atoms with Gasteiger partial charge in [0.15, 0.2) is 0 Å². The Bertz CT molecular complexity index is 937. The number of carbonyl (C=O) groups excluding carboxylic acids is 2. The lowest BCUT2D eigenvalue weighted by atomic mass is 9.81. The van der Waals surface area contributed by atoms with E-state index in [0.717, 1.165) is 24.8 Å². The summed E-state index contributed by atoms with van der Waals surface area (Å²) in [5.74, 6) is -0.0574. The summed E-state index contributed by atoms with van der Waals surface area (Å²) in [5.41, 5.74) is 0.875. The molecular weight excluding hydrogens is 454 g/mol. The van der Waals surface area contributed by atoms with Crippen molar-refractivity contribution in [1.29, 1.82) is 0 Å². The van der Waals surface area contributed by atoms with E-state index in [9.17, 15) is 18.0 Å². The maximum absolute atomic E-state index is 13.2. The van der Waals surface area contributed by atoms with E-state index in [-0.39, 0.29) is 36.0 Å². The van der Waals surface area contributed by atoms with Crippen LogP contribution in [0.25, 0.3) is 0 Å². The average Bonchev–Trinajstić information content (AvgIpc) is 3.17. The smallest absolute Gasteiger partial charge is 0.408 e. The molecule has 2 aliphatic rings. The van der Waals surface area contributed by atoms with E-state index in [0.29, 0.717) is 25.0 Å². The molecule has 1 N–H and O–H groups in total. The molecule has 1 aliphatic heterocycles. The molecule has 0 bridgehead atoms. The number of rotatable bonds is 9. The van der Waals surface area contributed by atoms with Gasteiger partial charge >= 0.3 is 6.09 Å². The summed E-state index contributed by atoms with van der Waals surface area (Å²) in [6.45, 7) is 6.61. The van der Waals surface area contributed by atoms with Crippen molar-refractivity contribution in [2.75, 3.05) is 25.1 Å². The summed E-state index contributed by atoms with van der Waals surface area (Å²) >= 11 is 0. The predicted molar refractivity (Wildman–Crippen MR) is 132 cm³/mol. The van der Waals surface area contributed by atoms with Crippen LogP contribution in [0.2, 0.25) is 0 Å². The second-order valence-electron chi connectivity index (χ2n) is 9.83. The van der Waals surface area contributed by atoms with Crippen LogP contribution in [0.5, 0.6) is 0 Å². The molecule has 1 saturated carbocycles. The lowest BCUT2D eigenvalue weighted by molar-refractivity contribution is -0.133. The quantitative estimate of drug-likeness (QED) is 0.568. The zero-order chi connectivity index (χ0) is 24.9. The van der Waals surface area contributed by atoms with Gasteiger partial charge in [-0.05, 0) is 58.1 Å². The number of carbonyl (C=O) groups is 2. The van der Waals surface area contributed by atoms with Gasteiger partial charge in [0.2, 0.25) is 5.91 Å².